The van der Waals surface area contributed by atoms with Crippen molar-refractivity contribution in [2.75, 3.05) is 46.3 Å². The van der Waals surface area contributed by atoms with Crippen LogP contribution in [-0.2, 0) is 11.3 Å². The van der Waals surface area contributed by atoms with Crippen molar-refractivity contribution in [2.45, 2.75) is 33.5 Å². The molecule has 0 aromatic heterocycles. The number of hydrogen-bond acceptors (Lipinski definition) is 5. The SMILES string of the molecule is C/C=C(\C=N/C(C)N1CCN(CC)CC1)c1cccc(CN(C)C(=O)CN)c1. The van der Waals surface area contributed by atoms with Crippen LogP contribution in [-0.4, -0.2) is 79.3 Å². The number of nitrogens with zero attached hydrogens (tertiary/aromatic N) is 4. The number of allylic oxidation sites excluding steroid dienone is 2. The highest BCUT2D eigenvalue weighted by atomic mass is 16.2. The fraction of sp³-hybridized carbons (Fsp3) is 0.545. The normalized spacial score (nSPS) is 17.8. The van der Waals surface area contributed by atoms with Gasteiger partial charge in [0.25, 0.3) is 0 Å². The molecule has 28 heavy (non-hydrogen) atoms. The Morgan fingerprint density at radius 2 is 2.04 bits per heavy atom. The minimum Gasteiger partial charge on any atom is -0.340 e. The van der Waals surface area contributed by atoms with E-state index in [-0.39, 0.29) is 18.6 Å². The highest BCUT2D eigenvalue weighted by Crippen LogP contribution is 2.16. The molecule has 1 aromatic carbocycles. The van der Waals surface area contributed by atoms with Crippen molar-refractivity contribution in [3.8, 4) is 0 Å². The van der Waals surface area contributed by atoms with Crippen LogP contribution in [0.3, 0.4) is 0 Å². The first kappa shape index (κ1) is 22.3. The van der Waals surface area contributed by atoms with Gasteiger partial charge in [0.15, 0.2) is 0 Å². The van der Waals surface area contributed by atoms with E-state index in [0.717, 1.165) is 49.4 Å². The fourth-order valence-corrected chi connectivity index (χ4v) is 3.42. The van der Waals surface area contributed by atoms with Crippen LogP contribution < -0.4 is 5.73 Å². The van der Waals surface area contributed by atoms with E-state index in [0.29, 0.717) is 6.54 Å². The molecular formula is C22H35N5O. The first-order valence-electron chi connectivity index (χ1n) is 10.2. The van der Waals surface area contributed by atoms with Gasteiger partial charge in [-0.2, -0.15) is 0 Å². The van der Waals surface area contributed by atoms with Gasteiger partial charge in [0, 0.05) is 46.0 Å². The molecular weight excluding hydrogens is 350 g/mol. The Balaban J connectivity index is 2.02. The highest BCUT2D eigenvalue weighted by molar-refractivity contribution is 6.09. The summed E-state index contributed by atoms with van der Waals surface area (Å²) in [6.45, 7) is 12.5. The third-order valence-corrected chi connectivity index (χ3v) is 5.40. The molecule has 1 unspecified atom stereocenters. The molecule has 6 nitrogen and oxygen atoms in total. The van der Waals surface area contributed by atoms with Gasteiger partial charge in [0.2, 0.25) is 5.91 Å². The van der Waals surface area contributed by atoms with Crippen LogP contribution in [0.5, 0.6) is 0 Å². The Bertz CT molecular complexity index is 692. The molecule has 0 radical (unpaired) electrons. The van der Waals surface area contributed by atoms with Crippen molar-refractivity contribution in [1.29, 1.82) is 0 Å². The van der Waals surface area contributed by atoms with Gasteiger partial charge in [0.1, 0.15) is 0 Å². The fourth-order valence-electron chi connectivity index (χ4n) is 3.42. The van der Waals surface area contributed by atoms with Crippen molar-refractivity contribution in [3.63, 3.8) is 0 Å². The molecule has 2 N–H and O–H groups in total. The number of likely N-dealkylation sites (N-methyl/N-ethyl adjacent to an activating group) is 2. The summed E-state index contributed by atoms with van der Waals surface area (Å²) in [5.74, 6) is -0.0600. The smallest absolute Gasteiger partial charge is 0.236 e. The molecule has 1 aromatic rings. The lowest BCUT2D eigenvalue weighted by Gasteiger charge is -2.36. The summed E-state index contributed by atoms with van der Waals surface area (Å²) < 4.78 is 0. The Morgan fingerprint density at radius 1 is 1.32 bits per heavy atom. The van der Waals surface area contributed by atoms with Crippen LogP contribution in [0.4, 0.5) is 0 Å². The second-order valence-electron chi connectivity index (χ2n) is 7.28. The van der Waals surface area contributed by atoms with Crippen molar-refractivity contribution in [3.05, 3.63) is 41.5 Å². The topological polar surface area (TPSA) is 65.2 Å². The van der Waals surface area contributed by atoms with Crippen LogP contribution in [0.25, 0.3) is 5.57 Å². The van der Waals surface area contributed by atoms with Gasteiger partial charge in [-0.05, 0) is 43.2 Å². The van der Waals surface area contributed by atoms with E-state index in [2.05, 4.69) is 41.9 Å². The van der Waals surface area contributed by atoms with Crippen LogP contribution in [0.2, 0.25) is 0 Å². The minimum absolute atomic E-state index is 0.0351. The Morgan fingerprint density at radius 3 is 2.64 bits per heavy atom. The monoisotopic (exact) mass is 385 g/mol. The van der Waals surface area contributed by atoms with E-state index in [4.69, 9.17) is 10.7 Å². The van der Waals surface area contributed by atoms with Gasteiger partial charge in [-0.3, -0.25) is 14.7 Å². The lowest BCUT2D eigenvalue weighted by Crippen LogP contribution is -2.48. The maximum Gasteiger partial charge on any atom is 0.236 e. The number of amides is 1. The van der Waals surface area contributed by atoms with Gasteiger partial charge < -0.3 is 15.5 Å². The minimum atomic E-state index is -0.0600. The number of rotatable bonds is 8. The third-order valence-electron chi connectivity index (χ3n) is 5.40. The summed E-state index contributed by atoms with van der Waals surface area (Å²) in [6, 6.07) is 8.26. The number of hydrogen-bond donors (Lipinski definition) is 1. The number of aliphatic imine (C=N–C) groups is 1. The maximum absolute atomic E-state index is 11.7. The van der Waals surface area contributed by atoms with E-state index in [9.17, 15) is 4.79 Å². The average Bonchev–Trinajstić information content (AvgIpc) is 2.73. The lowest BCUT2D eigenvalue weighted by molar-refractivity contribution is -0.128. The molecule has 0 bridgehead atoms. The van der Waals surface area contributed by atoms with Gasteiger partial charge in [-0.1, -0.05) is 31.2 Å². The van der Waals surface area contributed by atoms with Crippen molar-refractivity contribution in [2.24, 2.45) is 10.7 Å². The zero-order valence-electron chi connectivity index (χ0n) is 17.8. The van der Waals surface area contributed by atoms with Crippen molar-refractivity contribution in [1.82, 2.24) is 14.7 Å². The molecule has 1 heterocycles. The molecule has 1 aliphatic heterocycles. The average molecular weight is 386 g/mol. The van der Waals surface area contributed by atoms with Crippen LogP contribution >= 0.6 is 0 Å². The molecule has 6 heteroatoms. The van der Waals surface area contributed by atoms with E-state index in [1.807, 2.05) is 25.3 Å². The Labute approximate surface area is 169 Å². The first-order chi connectivity index (χ1) is 13.5. The third kappa shape index (κ3) is 6.26. The molecule has 0 aliphatic carbocycles. The van der Waals surface area contributed by atoms with Gasteiger partial charge >= 0.3 is 0 Å². The summed E-state index contributed by atoms with van der Waals surface area (Å²) >= 11 is 0. The molecule has 2 rings (SSSR count). The van der Waals surface area contributed by atoms with Gasteiger partial charge in [0.05, 0.1) is 12.7 Å². The summed E-state index contributed by atoms with van der Waals surface area (Å²) in [7, 11) is 1.78. The van der Waals surface area contributed by atoms with Crippen molar-refractivity contribution < 1.29 is 4.79 Å². The predicted molar refractivity (Wildman–Crippen MR) is 117 cm³/mol. The Kier molecular flexibility index (Phi) is 8.83. The second kappa shape index (κ2) is 11.1. The zero-order chi connectivity index (χ0) is 20.5. The summed E-state index contributed by atoms with van der Waals surface area (Å²) in [5.41, 5.74) is 8.73. The quantitative estimate of drug-likeness (QED) is 0.696. The summed E-state index contributed by atoms with van der Waals surface area (Å²) in [5, 5.41) is 0. The van der Waals surface area contributed by atoms with E-state index in [1.165, 1.54) is 0 Å². The van der Waals surface area contributed by atoms with E-state index >= 15 is 0 Å². The van der Waals surface area contributed by atoms with Crippen LogP contribution in [0, 0.1) is 0 Å². The lowest BCUT2D eigenvalue weighted by atomic mass is 10.0. The molecule has 154 valence electrons. The van der Waals surface area contributed by atoms with Gasteiger partial charge in [-0.15, -0.1) is 0 Å². The maximum atomic E-state index is 11.7. The first-order valence-corrected chi connectivity index (χ1v) is 10.2. The number of carbonyl (C=O) groups excluding carboxylic acids is 1. The van der Waals surface area contributed by atoms with E-state index in [1.54, 1.807) is 11.9 Å². The molecule has 1 saturated heterocycles. The molecule has 1 fully saturated rings. The predicted octanol–water partition coefficient (Wildman–Crippen LogP) is 2.06. The highest BCUT2D eigenvalue weighted by Gasteiger charge is 2.19. The van der Waals surface area contributed by atoms with E-state index < -0.39 is 0 Å². The Hall–Kier alpha value is -2.02. The van der Waals surface area contributed by atoms with Gasteiger partial charge in [-0.25, -0.2) is 0 Å². The number of carbonyl (C=O) groups is 1. The molecule has 0 spiro atoms. The number of benzene rings is 1. The summed E-state index contributed by atoms with van der Waals surface area (Å²) in [4.78, 5) is 23.1. The zero-order valence-corrected chi connectivity index (χ0v) is 17.8. The number of piperazine rings is 1. The van der Waals surface area contributed by atoms with Crippen molar-refractivity contribution >= 4 is 17.7 Å². The largest absolute Gasteiger partial charge is 0.340 e. The standard InChI is InChI=1S/C22H35N5O/c1-5-20(16-24-18(3)27-12-10-26(6-2)11-13-27)21-9-7-8-19(14-21)17-25(4)22(28)15-23/h5,7-9,14,16,18H,6,10-13,15,17,23H2,1-4H3/b20-5+,24-16-. The van der Waals surface area contributed by atoms with Crippen LogP contribution in [0.15, 0.2) is 35.3 Å². The summed E-state index contributed by atoms with van der Waals surface area (Å²) in [6.07, 6.45) is 4.23. The molecule has 1 amide bonds. The molecule has 0 saturated carbocycles. The molecule has 1 aliphatic rings. The van der Waals surface area contributed by atoms with Crippen LogP contribution in [0.1, 0.15) is 31.9 Å². The number of nitrogens with two attached hydrogens (primary N) is 1. The second-order valence-corrected chi connectivity index (χ2v) is 7.28. The molecule has 1 atom stereocenters.